The van der Waals surface area contributed by atoms with Crippen molar-refractivity contribution in [1.29, 1.82) is 0 Å². The third kappa shape index (κ3) is 3.18. The Balaban J connectivity index is 2.09. The SMILES string of the molecule is CC(C)(C)c1ccc(OC2CCCCC2)c(O)c1. The Bertz CT molecular complexity index is 398. The van der Waals surface area contributed by atoms with Gasteiger partial charge in [0.05, 0.1) is 6.10 Å². The predicted molar refractivity (Wildman–Crippen MR) is 74.3 cm³/mol. The summed E-state index contributed by atoms with van der Waals surface area (Å²) in [5, 5.41) is 10.1. The molecule has 0 aliphatic heterocycles. The molecule has 0 amide bonds. The molecule has 0 atom stereocenters. The van der Waals surface area contributed by atoms with Gasteiger partial charge in [0, 0.05) is 0 Å². The Morgan fingerprint density at radius 2 is 1.78 bits per heavy atom. The van der Waals surface area contributed by atoms with Crippen LogP contribution < -0.4 is 4.74 Å². The molecule has 2 rings (SSSR count). The first-order chi connectivity index (χ1) is 8.47. The van der Waals surface area contributed by atoms with E-state index in [2.05, 4.69) is 26.8 Å². The highest BCUT2D eigenvalue weighted by atomic mass is 16.5. The monoisotopic (exact) mass is 248 g/mol. The van der Waals surface area contributed by atoms with E-state index in [0.717, 1.165) is 18.4 Å². The zero-order chi connectivity index (χ0) is 13.2. The zero-order valence-corrected chi connectivity index (χ0v) is 11.7. The third-order valence-corrected chi connectivity index (χ3v) is 3.67. The summed E-state index contributed by atoms with van der Waals surface area (Å²) in [5.41, 5.74) is 1.19. The van der Waals surface area contributed by atoms with Gasteiger partial charge in [-0.3, -0.25) is 0 Å². The summed E-state index contributed by atoms with van der Waals surface area (Å²) in [4.78, 5) is 0. The van der Waals surface area contributed by atoms with Crippen molar-refractivity contribution in [1.82, 2.24) is 0 Å². The van der Waals surface area contributed by atoms with Gasteiger partial charge in [0.2, 0.25) is 0 Å². The number of aromatic hydroxyl groups is 1. The molecule has 0 unspecified atom stereocenters. The first kappa shape index (κ1) is 13.3. The lowest BCUT2D eigenvalue weighted by atomic mass is 9.87. The number of phenolic OH excluding ortho intramolecular Hbond substituents is 1. The normalized spacial score (nSPS) is 17.7. The summed E-state index contributed by atoms with van der Waals surface area (Å²) in [6.07, 6.45) is 6.30. The molecule has 1 aromatic carbocycles. The van der Waals surface area contributed by atoms with Gasteiger partial charge >= 0.3 is 0 Å². The number of rotatable bonds is 2. The second-order valence-electron chi connectivity index (χ2n) is 6.31. The molecule has 2 heteroatoms. The van der Waals surface area contributed by atoms with Crippen molar-refractivity contribution in [2.24, 2.45) is 0 Å². The van der Waals surface area contributed by atoms with Gasteiger partial charge in [0.1, 0.15) is 0 Å². The van der Waals surface area contributed by atoms with Crippen molar-refractivity contribution in [2.45, 2.75) is 64.4 Å². The molecular weight excluding hydrogens is 224 g/mol. The van der Waals surface area contributed by atoms with E-state index in [-0.39, 0.29) is 17.3 Å². The highest BCUT2D eigenvalue weighted by Crippen LogP contribution is 2.34. The summed E-state index contributed by atoms with van der Waals surface area (Å²) < 4.78 is 5.90. The minimum Gasteiger partial charge on any atom is -0.504 e. The van der Waals surface area contributed by atoms with E-state index in [1.165, 1.54) is 19.3 Å². The fourth-order valence-corrected chi connectivity index (χ4v) is 2.45. The van der Waals surface area contributed by atoms with Crippen LogP contribution in [0.3, 0.4) is 0 Å². The molecule has 1 aliphatic carbocycles. The minimum atomic E-state index is 0.0564. The molecular formula is C16H24O2. The molecule has 2 nitrogen and oxygen atoms in total. The molecule has 1 fully saturated rings. The Morgan fingerprint density at radius 3 is 2.33 bits per heavy atom. The standard InChI is InChI=1S/C16H24O2/c1-16(2,3)12-9-10-15(14(17)11-12)18-13-7-5-4-6-8-13/h9-11,13,17H,4-8H2,1-3H3. The van der Waals surface area contributed by atoms with Crippen LogP contribution in [-0.2, 0) is 5.41 Å². The van der Waals surface area contributed by atoms with Crippen LogP contribution in [0.5, 0.6) is 11.5 Å². The number of benzene rings is 1. The number of hydrogen-bond acceptors (Lipinski definition) is 2. The fraction of sp³-hybridized carbons (Fsp3) is 0.625. The molecule has 1 saturated carbocycles. The van der Waals surface area contributed by atoms with Crippen molar-refractivity contribution in [2.75, 3.05) is 0 Å². The highest BCUT2D eigenvalue weighted by Gasteiger charge is 2.19. The van der Waals surface area contributed by atoms with Crippen LogP contribution in [0.4, 0.5) is 0 Å². The molecule has 0 saturated heterocycles. The highest BCUT2D eigenvalue weighted by molar-refractivity contribution is 5.43. The zero-order valence-electron chi connectivity index (χ0n) is 11.7. The van der Waals surface area contributed by atoms with Crippen molar-refractivity contribution < 1.29 is 9.84 Å². The average Bonchev–Trinajstić information content (AvgIpc) is 2.32. The van der Waals surface area contributed by atoms with Gasteiger partial charge in [0.15, 0.2) is 11.5 Å². The van der Waals surface area contributed by atoms with E-state index in [0.29, 0.717) is 5.75 Å². The van der Waals surface area contributed by atoms with Crippen molar-refractivity contribution in [3.63, 3.8) is 0 Å². The quantitative estimate of drug-likeness (QED) is 0.840. The van der Waals surface area contributed by atoms with Gasteiger partial charge in [-0.15, -0.1) is 0 Å². The van der Waals surface area contributed by atoms with Crippen LogP contribution in [0.2, 0.25) is 0 Å². The molecule has 0 aromatic heterocycles. The van der Waals surface area contributed by atoms with Gasteiger partial charge in [-0.05, 0) is 48.8 Å². The minimum absolute atomic E-state index is 0.0564. The summed E-state index contributed by atoms with van der Waals surface area (Å²) in [5.74, 6) is 0.905. The Morgan fingerprint density at radius 1 is 1.11 bits per heavy atom. The summed E-state index contributed by atoms with van der Waals surface area (Å²) in [6.45, 7) is 6.43. The molecule has 1 N–H and O–H groups in total. The number of phenols is 1. The lowest BCUT2D eigenvalue weighted by Gasteiger charge is -2.24. The second-order valence-corrected chi connectivity index (χ2v) is 6.31. The van der Waals surface area contributed by atoms with Gasteiger partial charge in [-0.25, -0.2) is 0 Å². The van der Waals surface area contributed by atoms with E-state index in [9.17, 15) is 5.11 Å². The van der Waals surface area contributed by atoms with E-state index in [1.807, 2.05) is 12.1 Å². The summed E-state index contributed by atoms with van der Waals surface area (Å²) >= 11 is 0. The average molecular weight is 248 g/mol. The largest absolute Gasteiger partial charge is 0.504 e. The number of hydrogen-bond donors (Lipinski definition) is 1. The maximum Gasteiger partial charge on any atom is 0.161 e. The first-order valence-electron chi connectivity index (χ1n) is 6.97. The lowest BCUT2D eigenvalue weighted by Crippen LogP contribution is -2.19. The topological polar surface area (TPSA) is 29.5 Å². The van der Waals surface area contributed by atoms with Crippen LogP contribution in [0, 0.1) is 0 Å². The van der Waals surface area contributed by atoms with E-state index >= 15 is 0 Å². The van der Waals surface area contributed by atoms with E-state index < -0.39 is 0 Å². The second kappa shape index (κ2) is 5.21. The maximum absolute atomic E-state index is 10.1. The molecule has 0 radical (unpaired) electrons. The van der Waals surface area contributed by atoms with Gasteiger partial charge in [-0.1, -0.05) is 33.3 Å². The Kier molecular flexibility index (Phi) is 3.84. The molecule has 0 heterocycles. The smallest absolute Gasteiger partial charge is 0.161 e. The van der Waals surface area contributed by atoms with Gasteiger partial charge in [0.25, 0.3) is 0 Å². The lowest BCUT2D eigenvalue weighted by molar-refractivity contribution is 0.150. The first-order valence-corrected chi connectivity index (χ1v) is 6.97. The third-order valence-electron chi connectivity index (χ3n) is 3.67. The van der Waals surface area contributed by atoms with Crippen molar-refractivity contribution in [3.05, 3.63) is 23.8 Å². The molecule has 1 aliphatic rings. The fourth-order valence-electron chi connectivity index (χ4n) is 2.45. The van der Waals surface area contributed by atoms with E-state index in [1.54, 1.807) is 0 Å². The van der Waals surface area contributed by atoms with Crippen molar-refractivity contribution >= 4 is 0 Å². The summed E-state index contributed by atoms with van der Waals surface area (Å²) in [7, 11) is 0. The van der Waals surface area contributed by atoms with Gasteiger partial charge < -0.3 is 9.84 Å². The molecule has 0 spiro atoms. The maximum atomic E-state index is 10.1. The van der Waals surface area contributed by atoms with Crippen LogP contribution in [0.1, 0.15) is 58.4 Å². The Hall–Kier alpha value is -1.18. The predicted octanol–water partition coefficient (Wildman–Crippen LogP) is 4.40. The van der Waals surface area contributed by atoms with Crippen LogP contribution in [0.15, 0.2) is 18.2 Å². The molecule has 1 aromatic rings. The van der Waals surface area contributed by atoms with Crippen LogP contribution >= 0.6 is 0 Å². The van der Waals surface area contributed by atoms with Crippen LogP contribution in [-0.4, -0.2) is 11.2 Å². The number of ether oxygens (including phenoxy) is 1. The molecule has 100 valence electrons. The molecule has 0 bridgehead atoms. The van der Waals surface area contributed by atoms with Crippen LogP contribution in [0.25, 0.3) is 0 Å². The summed E-state index contributed by atoms with van der Waals surface area (Å²) in [6, 6.07) is 5.79. The van der Waals surface area contributed by atoms with Crippen molar-refractivity contribution in [3.8, 4) is 11.5 Å². The van der Waals surface area contributed by atoms with Gasteiger partial charge in [-0.2, -0.15) is 0 Å². The van der Waals surface area contributed by atoms with E-state index in [4.69, 9.17) is 4.74 Å². The Labute approximate surface area is 110 Å². The molecule has 18 heavy (non-hydrogen) atoms.